The Bertz CT molecular complexity index is 717. The highest BCUT2D eigenvalue weighted by Gasteiger charge is 2.41. The maximum atomic E-state index is 12.5. The molecule has 3 atom stereocenters. The molecule has 0 aliphatic carbocycles. The van der Waals surface area contributed by atoms with Crippen LogP contribution in [0.2, 0.25) is 0 Å². The fourth-order valence-electron chi connectivity index (χ4n) is 3.60. The molecule has 2 aliphatic heterocycles. The van der Waals surface area contributed by atoms with Gasteiger partial charge in [-0.25, -0.2) is 4.98 Å². The third kappa shape index (κ3) is 3.03. The number of aromatic amines is 1. The molecule has 0 unspecified atom stereocenters. The Labute approximate surface area is 140 Å². The van der Waals surface area contributed by atoms with Crippen LogP contribution in [0, 0.1) is 12.8 Å². The maximum absolute atomic E-state index is 12.5. The molecule has 2 saturated heterocycles. The van der Waals surface area contributed by atoms with Crippen molar-refractivity contribution >= 4 is 5.91 Å². The van der Waals surface area contributed by atoms with Crippen LogP contribution in [0.3, 0.4) is 0 Å². The third-order valence-electron chi connectivity index (χ3n) is 4.87. The van der Waals surface area contributed by atoms with Crippen molar-refractivity contribution in [3.05, 3.63) is 41.7 Å². The summed E-state index contributed by atoms with van der Waals surface area (Å²) in [4.78, 5) is 23.0. The van der Waals surface area contributed by atoms with Crippen LogP contribution in [0.4, 0.5) is 0 Å². The van der Waals surface area contributed by atoms with Gasteiger partial charge < -0.3 is 9.64 Å². The molecule has 0 saturated carbocycles. The number of carbonyl (C=O) groups is 1. The van der Waals surface area contributed by atoms with Crippen molar-refractivity contribution in [3.63, 3.8) is 0 Å². The van der Waals surface area contributed by atoms with Crippen molar-refractivity contribution in [2.75, 3.05) is 13.1 Å². The van der Waals surface area contributed by atoms with Gasteiger partial charge in [-0.15, -0.1) is 0 Å². The molecule has 126 valence electrons. The van der Waals surface area contributed by atoms with E-state index in [4.69, 9.17) is 4.74 Å². The van der Waals surface area contributed by atoms with E-state index in [1.807, 2.05) is 30.0 Å². The minimum absolute atomic E-state index is 0.0595. The summed E-state index contributed by atoms with van der Waals surface area (Å²) in [5.41, 5.74) is 0.811. The van der Waals surface area contributed by atoms with E-state index in [2.05, 4.69) is 20.2 Å². The van der Waals surface area contributed by atoms with E-state index < -0.39 is 0 Å². The molecule has 2 aromatic rings. The highest BCUT2D eigenvalue weighted by Crippen LogP contribution is 2.39. The molecule has 24 heavy (non-hydrogen) atoms. The largest absolute Gasteiger partial charge is 0.365 e. The molecule has 2 aromatic heterocycles. The van der Waals surface area contributed by atoms with Gasteiger partial charge in [0.05, 0.1) is 12.5 Å². The quantitative estimate of drug-likeness (QED) is 0.922. The molecule has 0 bridgehead atoms. The van der Waals surface area contributed by atoms with Crippen molar-refractivity contribution in [1.29, 1.82) is 0 Å². The van der Waals surface area contributed by atoms with E-state index in [1.165, 1.54) is 0 Å². The lowest BCUT2D eigenvalue weighted by molar-refractivity contribution is -0.135. The summed E-state index contributed by atoms with van der Waals surface area (Å²) >= 11 is 0. The minimum Gasteiger partial charge on any atom is -0.365 e. The molecule has 4 rings (SSSR count). The van der Waals surface area contributed by atoms with Gasteiger partial charge in [0.2, 0.25) is 5.91 Å². The molecule has 0 radical (unpaired) electrons. The number of fused-ring (bicyclic) bond motifs is 1. The predicted molar refractivity (Wildman–Crippen MR) is 86.0 cm³/mol. The van der Waals surface area contributed by atoms with Crippen molar-refractivity contribution in [3.8, 4) is 0 Å². The first-order valence-corrected chi connectivity index (χ1v) is 8.41. The highest BCUT2D eigenvalue weighted by atomic mass is 16.5. The number of aromatic nitrogens is 4. The molecular weight excluding hydrogens is 306 g/mol. The lowest BCUT2D eigenvalue weighted by Gasteiger charge is -2.34. The summed E-state index contributed by atoms with van der Waals surface area (Å²) in [5.74, 6) is 2.13. The minimum atomic E-state index is -0.0595. The summed E-state index contributed by atoms with van der Waals surface area (Å²) in [6, 6.07) is 5.65. The van der Waals surface area contributed by atoms with Gasteiger partial charge in [-0.2, -0.15) is 5.10 Å². The Kier molecular flexibility index (Phi) is 4.02. The average molecular weight is 327 g/mol. The highest BCUT2D eigenvalue weighted by molar-refractivity contribution is 5.78. The number of hydrogen-bond acceptors (Lipinski definition) is 5. The number of rotatable bonds is 3. The number of nitrogens with one attached hydrogen (secondary N) is 1. The van der Waals surface area contributed by atoms with Gasteiger partial charge in [-0.1, -0.05) is 6.07 Å². The van der Waals surface area contributed by atoms with E-state index in [1.54, 1.807) is 6.20 Å². The number of pyridine rings is 1. The van der Waals surface area contributed by atoms with Crippen LogP contribution in [0.15, 0.2) is 24.4 Å². The number of nitrogens with zero attached hydrogens (tertiary/aromatic N) is 4. The Hall–Kier alpha value is -2.28. The van der Waals surface area contributed by atoms with Crippen molar-refractivity contribution < 1.29 is 9.53 Å². The summed E-state index contributed by atoms with van der Waals surface area (Å²) in [7, 11) is 0. The van der Waals surface area contributed by atoms with E-state index in [9.17, 15) is 4.79 Å². The van der Waals surface area contributed by atoms with Crippen LogP contribution in [-0.2, 0) is 16.0 Å². The van der Waals surface area contributed by atoms with Gasteiger partial charge in [-0.3, -0.25) is 14.9 Å². The molecule has 0 aromatic carbocycles. The zero-order chi connectivity index (χ0) is 16.5. The number of amides is 1. The van der Waals surface area contributed by atoms with Crippen molar-refractivity contribution in [2.24, 2.45) is 5.92 Å². The lowest BCUT2D eigenvalue weighted by Crippen LogP contribution is -2.45. The summed E-state index contributed by atoms with van der Waals surface area (Å²) in [6.45, 7) is 3.32. The Balaban J connectivity index is 1.38. The average Bonchev–Trinajstić information content (AvgIpc) is 3.20. The monoisotopic (exact) mass is 327 g/mol. The van der Waals surface area contributed by atoms with Gasteiger partial charge in [0.1, 0.15) is 11.9 Å². The molecule has 7 nitrogen and oxygen atoms in total. The van der Waals surface area contributed by atoms with Crippen LogP contribution < -0.4 is 0 Å². The second-order valence-corrected chi connectivity index (χ2v) is 6.56. The van der Waals surface area contributed by atoms with Crippen molar-refractivity contribution in [1.82, 2.24) is 25.1 Å². The molecule has 1 amide bonds. The molecule has 2 aliphatic rings. The number of likely N-dealkylation sites (tertiary alicyclic amines) is 1. The number of aryl methyl sites for hydroxylation is 1. The molecule has 1 N–H and O–H groups in total. The third-order valence-corrected chi connectivity index (χ3v) is 4.87. The second kappa shape index (κ2) is 6.32. The van der Waals surface area contributed by atoms with Gasteiger partial charge in [0.15, 0.2) is 5.82 Å². The zero-order valence-corrected chi connectivity index (χ0v) is 13.7. The first-order valence-electron chi connectivity index (χ1n) is 8.41. The Morgan fingerprint density at radius 2 is 2.38 bits per heavy atom. The SMILES string of the molecule is Cc1nc([C@@H]2C[C@H]3CCN(C(=O)Cc4ccccn4)C[C@@H]3O2)n[nH]1. The predicted octanol–water partition coefficient (Wildman–Crippen LogP) is 1.43. The van der Waals surface area contributed by atoms with E-state index in [0.29, 0.717) is 18.9 Å². The van der Waals surface area contributed by atoms with E-state index in [0.717, 1.165) is 36.7 Å². The smallest absolute Gasteiger partial charge is 0.228 e. The Morgan fingerprint density at radius 1 is 1.46 bits per heavy atom. The molecule has 2 fully saturated rings. The fraction of sp³-hybridized carbons (Fsp3) is 0.529. The van der Waals surface area contributed by atoms with Gasteiger partial charge in [0, 0.05) is 25.0 Å². The number of hydrogen-bond donors (Lipinski definition) is 1. The standard InChI is InChI=1S/C17H21N5O2/c1-11-19-17(21-20-11)14-8-12-5-7-22(10-15(12)24-14)16(23)9-13-4-2-3-6-18-13/h2-4,6,12,14-15H,5,7-10H2,1H3,(H,19,20,21)/t12-,14+,15+/m1/s1. The molecule has 4 heterocycles. The maximum Gasteiger partial charge on any atom is 0.228 e. The first kappa shape index (κ1) is 15.3. The van der Waals surface area contributed by atoms with E-state index >= 15 is 0 Å². The van der Waals surface area contributed by atoms with Crippen molar-refractivity contribution in [2.45, 2.75) is 38.4 Å². The Morgan fingerprint density at radius 3 is 3.12 bits per heavy atom. The molecular formula is C17H21N5O2. The van der Waals surface area contributed by atoms with Crippen LogP contribution in [0.25, 0.3) is 0 Å². The number of ether oxygens (including phenoxy) is 1. The van der Waals surface area contributed by atoms with Gasteiger partial charge in [0.25, 0.3) is 0 Å². The van der Waals surface area contributed by atoms with Crippen LogP contribution >= 0.6 is 0 Å². The normalized spacial score (nSPS) is 26.4. The lowest BCUT2D eigenvalue weighted by atomic mass is 9.91. The summed E-state index contributed by atoms with van der Waals surface area (Å²) in [6.07, 6.45) is 3.99. The van der Waals surface area contributed by atoms with Crippen LogP contribution in [0.1, 0.15) is 36.3 Å². The first-order chi connectivity index (χ1) is 11.7. The molecule has 7 heteroatoms. The zero-order valence-electron chi connectivity index (χ0n) is 13.7. The van der Waals surface area contributed by atoms with E-state index in [-0.39, 0.29) is 18.1 Å². The summed E-state index contributed by atoms with van der Waals surface area (Å²) < 4.78 is 6.14. The number of H-pyrrole nitrogens is 1. The topological polar surface area (TPSA) is 84.0 Å². The van der Waals surface area contributed by atoms with Gasteiger partial charge in [-0.05, 0) is 37.8 Å². The van der Waals surface area contributed by atoms with Crippen LogP contribution in [0.5, 0.6) is 0 Å². The summed E-state index contributed by atoms with van der Waals surface area (Å²) in [5, 5.41) is 7.08. The fourth-order valence-corrected chi connectivity index (χ4v) is 3.60. The molecule has 0 spiro atoms. The van der Waals surface area contributed by atoms with Gasteiger partial charge >= 0.3 is 0 Å². The number of piperidine rings is 1. The second-order valence-electron chi connectivity index (χ2n) is 6.56. The van der Waals surface area contributed by atoms with Crippen LogP contribution in [-0.4, -0.2) is 50.2 Å². The number of carbonyl (C=O) groups excluding carboxylic acids is 1.